The fraction of sp³-hybridized carbons (Fsp3) is 0.625. The Morgan fingerprint density at radius 3 is 2.39 bits per heavy atom. The number of hydrogen-bond acceptors (Lipinski definition) is 2. The van der Waals surface area contributed by atoms with E-state index in [-0.39, 0.29) is 5.92 Å². The highest BCUT2D eigenvalue weighted by atomic mass is 16.3. The lowest BCUT2D eigenvalue weighted by Gasteiger charge is -2.48. The number of benzene rings is 1. The summed E-state index contributed by atoms with van der Waals surface area (Å²) in [5.74, 6) is 0.262. The van der Waals surface area contributed by atoms with Crippen LogP contribution in [0.1, 0.15) is 39.7 Å². The van der Waals surface area contributed by atoms with Crippen LogP contribution >= 0.6 is 0 Å². The van der Waals surface area contributed by atoms with Crippen LogP contribution in [0, 0.1) is 5.92 Å². The van der Waals surface area contributed by atoms with Crippen LogP contribution in [0.25, 0.3) is 0 Å². The Balaban J connectivity index is 2.26. The third kappa shape index (κ3) is 2.32. The van der Waals surface area contributed by atoms with E-state index in [9.17, 15) is 5.11 Å². The summed E-state index contributed by atoms with van der Waals surface area (Å²) in [5, 5.41) is 11.1. The molecule has 1 aromatic rings. The molecule has 1 heterocycles. The van der Waals surface area contributed by atoms with Crippen LogP contribution in [0.15, 0.2) is 30.3 Å². The molecule has 0 aromatic heterocycles. The van der Waals surface area contributed by atoms with Gasteiger partial charge in [0.25, 0.3) is 0 Å². The standard InChI is InChI=1S/C16H25NO/c1-12(2)17-11-13(3)16(18,10-14(17)4)15-8-6-5-7-9-15/h5-9,12-14,18H,10-11H2,1-4H3/t13-,14-,16-/m0/s1. The molecule has 0 unspecified atom stereocenters. The van der Waals surface area contributed by atoms with Crippen LogP contribution in [0.3, 0.4) is 0 Å². The Labute approximate surface area is 111 Å². The quantitative estimate of drug-likeness (QED) is 0.868. The van der Waals surface area contributed by atoms with Crippen molar-refractivity contribution < 1.29 is 5.11 Å². The van der Waals surface area contributed by atoms with Crippen LogP contribution in [-0.4, -0.2) is 28.6 Å². The summed E-state index contributed by atoms with van der Waals surface area (Å²) in [7, 11) is 0. The second kappa shape index (κ2) is 5.02. The van der Waals surface area contributed by atoms with E-state index in [0.29, 0.717) is 12.1 Å². The summed E-state index contributed by atoms with van der Waals surface area (Å²) in [6.07, 6.45) is 0.816. The SMILES string of the molecule is CC(C)N1C[C@H](C)[C@](O)(c2ccccc2)C[C@@H]1C. The fourth-order valence-corrected chi connectivity index (χ4v) is 3.26. The Morgan fingerprint density at radius 1 is 1.22 bits per heavy atom. The van der Waals surface area contributed by atoms with Crippen molar-refractivity contribution in [2.75, 3.05) is 6.54 Å². The lowest BCUT2D eigenvalue weighted by atomic mass is 9.74. The molecule has 1 saturated heterocycles. The predicted octanol–water partition coefficient (Wildman–Crippen LogP) is 3.01. The number of aliphatic hydroxyl groups is 1. The average Bonchev–Trinajstić information content (AvgIpc) is 2.34. The van der Waals surface area contributed by atoms with Crippen molar-refractivity contribution in [1.82, 2.24) is 4.90 Å². The molecule has 0 aliphatic carbocycles. The van der Waals surface area contributed by atoms with Gasteiger partial charge in [0.1, 0.15) is 0 Å². The molecule has 1 aromatic carbocycles. The molecule has 1 aliphatic rings. The van der Waals surface area contributed by atoms with Gasteiger partial charge in [-0.1, -0.05) is 37.3 Å². The normalized spacial score (nSPS) is 33.9. The zero-order valence-electron chi connectivity index (χ0n) is 11.9. The molecule has 1 aliphatic heterocycles. The molecule has 1 N–H and O–H groups in total. The molecule has 0 radical (unpaired) electrons. The van der Waals surface area contributed by atoms with Crippen molar-refractivity contribution in [1.29, 1.82) is 0 Å². The van der Waals surface area contributed by atoms with Crippen LogP contribution in [-0.2, 0) is 5.60 Å². The largest absolute Gasteiger partial charge is 0.385 e. The third-order valence-corrected chi connectivity index (χ3v) is 4.41. The van der Waals surface area contributed by atoms with Crippen LogP contribution in [0.4, 0.5) is 0 Å². The van der Waals surface area contributed by atoms with Gasteiger partial charge in [0.2, 0.25) is 0 Å². The first-order valence-electron chi connectivity index (χ1n) is 6.99. The maximum Gasteiger partial charge on any atom is 0.0948 e. The molecule has 0 amide bonds. The average molecular weight is 247 g/mol. The summed E-state index contributed by atoms with van der Waals surface area (Å²) in [5.41, 5.74) is 0.388. The monoisotopic (exact) mass is 247 g/mol. The van der Waals surface area contributed by atoms with Crippen LogP contribution < -0.4 is 0 Å². The van der Waals surface area contributed by atoms with E-state index in [1.165, 1.54) is 0 Å². The van der Waals surface area contributed by atoms with Crippen molar-refractivity contribution in [3.8, 4) is 0 Å². The molecule has 2 nitrogen and oxygen atoms in total. The molecule has 0 bridgehead atoms. The van der Waals surface area contributed by atoms with E-state index in [0.717, 1.165) is 18.5 Å². The maximum absolute atomic E-state index is 11.1. The highest BCUT2D eigenvalue weighted by Crippen LogP contribution is 2.40. The first kappa shape index (κ1) is 13.6. The van der Waals surface area contributed by atoms with Gasteiger partial charge in [-0.05, 0) is 32.8 Å². The maximum atomic E-state index is 11.1. The molecular weight excluding hydrogens is 222 g/mol. The Kier molecular flexibility index (Phi) is 3.79. The van der Waals surface area contributed by atoms with Crippen LogP contribution in [0.2, 0.25) is 0 Å². The highest BCUT2D eigenvalue weighted by molar-refractivity contribution is 5.24. The van der Waals surface area contributed by atoms with Gasteiger partial charge in [-0.15, -0.1) is 0 Å². The van der Waals surface area contributed by atoms with E-state index in [4.69, 9.17) is 0 Å². The second-order valence-corrected chi connectivity index (χ2v) is 6.04. The summed E-state index contributed by atoms with van der Waals surface area (Å²) in [4.78, 5) is 2.49. The Hall–Kier alpha value is -0.860. The molecule has 3 atom stereocenters. The van der Waals surface area contributed by atoms with Gasteiger partial charge < -0.3 is 5.11 Å². The number of hydrogen-bond donors (Lipinski definition) is 1. The smallest absolute Gasteiger partial charge is 0.0948 e. The summed E-state index contributed by atoms with van der Waals surface area (Å²) < 4.78 is 0. The first-order chi connectivity index (χ1) is 8.45. The van der Waals surface area contributed by atoms with Gasteiger partial charge >= 0.3 is 0 Å². The number of nitrogens with zero attached hydrogens (tertiary/aromatic N) is 1. The molecule has 2 heteroatoms. The summed E-state index contributed by atoms with van der Waals surface area (Å²) >= 11 is 0. The van der Waals surface area contributed by atoms with Gasteiger partial charge in [-0.2, -0.15) is 0 Å². The van der Waals surface area contributed by atoms with Gasteiger partial charge in [-0.3, -0.25) is 4.90 Å². The minimum atomic E-state index is -0.675. The molecular formula is C16H25NO. The first-order valence-corrected chi connectivity index (χ1v) is 6.99. The minimum Gasteiger partial charge on any atom is -0.385 e. The zero-order valence-corrected chi connectivity index (χ0v) is 11.9. The highest BCUT2D eigenvalue weighted by Gasteiger charge is 2.43. The number of likely N-dealkylation sites (tertiary alicyclic amines) is 1. The van der Waals surface area contributed by atoms with Gasteiger partial charge in [0.15, 0.2) is 0 Å². The lowest BCUT2D eigenvalue weighted by Crippen LogP contribution is -2.55. The number of piperidine rings is 1. The van der Waals surface area contributed by atoms with E-state index in [1.54, 1.807) is 0 Å². The van der Waals surface area contributed by atoms with Crippen molar-refractivity contribution in [2.45, 2.75) is 51.8 Å². The number of rotatable bonds is 2. The molecule has 1 fully saturated rings. The van der Waals surface area contributed by atoms with Crippen LogP contribution in [0.5, 0.6) is 0 Å². The fourth-order valence-electron chi connectivity index (χ4n) is 3.26. The van der Waals surface area contributed by atoms with E-state index >= 15 is 0 Å². The van der Waals surface area contributed by atoms with E-state index in [1.807, 2.05) is 30.3 Å². The van der Waals surface area contributed by atoms with Crippen molar-refractivity contribution in [2.24, 2.45) is 5.92 Å². The van der Waals surface area contributed by atoms with Gasteiger partial charge in [0, 0.05) is 24.5 Å². The van der Waals surface area contributed by atoms with E-state index < -0.39 is 5.60 Å². The Morgan fingerprint density at radius 2 is 1.83 bits per heavy atom. The van der Waals surface area contributed by atoms with E-state index in [2.05, 4.69) is 32.6 Å². The molecule has 0 saturated carbocycles. The van der Waals surface area contributed by atoms with Crippen molar-refractivity contribution in [3.05, 3.63) is 35.9 Å². The minimum absolute atomic E-state index is 0.262. The molecule has 100 valence electrons. The molecule has 18 heavy (non-hydrogen) atoms. The zero-order chi connectivity index (χ0) is 13.3. The van der Waals surface area contributed by atoms with Crippen molar-refractivity contribution in [3.63, 3.8) is 0 Å². The van der Waals surface area contributed by atoms with Gasteiger partial charge in [-0.25, -0.2) is 0 Å². The molecule has 2 rings (SSSR count). The second-order valence-electron chi connectivity index (χ2n) is 6.04. The van der Waals surface area contributed by atoms with Gasteiger partial charge in [0.05, 0.1) is 5.60 Å². The Bertz CT molecular complexity index is 389. The topological polar surface area (TPSA) is 23.5 Å². The summed E-state index contributed by atoms with van der Waals surface area (Å²) in [6.45, 7) is 9.81. The predicted molar refractivity (Wildman–Crippen MR) is 75.4 cm³/mol. The van der Waals surface area contributed by atoms with Crippen molar-refractivity contribution >= 4 is 0 Å². The lowest BCUT2D eigenvalue weighted by molar-refractivity contribution is -0.0974. The summed E-state index contributed by atoms with van der Waals surface area (Å²) in [6, 6.07) is 11.1. The molecule has 0 spiro atoms. The third-order valence-electron chi connectivity index (χ3n) is 4.41.